The van der Waals surface area contributed by atoms with E-state index in [1.54, 1.807) is 0 Å². The fourth-order valence-electron chi connectivity index (χ4n) is 1.81. The molecule has 1 nitrogen and oxygen atoms in total. The minimum absolute atomic E-state index is 0.115. The standard InChI is InChI=1S/C14H12BrFIN/c15-11-5-9(6-12(16)8-11)7-14(18)10-1-3-13(17)4-2-10/h1-6,8,14H,7,18H2. The molecule has 2 rings (SSSR count). The Kier molecular flexibility index (Phi) is 4.75. The molecule has 2 aromatic carbocycles. The Morgan fingerprint density at radius 1 is 1.17 bits per heavy atom. The molecule has 0 radical (unpaired) electrons. The highest BCUT2D eigenvalue weighted by Gasteiger charge is 2.08. The highest BCUT2D eigenvalue weighted by atomic mass is 127. The van der Waals surface area contributed by atoms with E-state index in [2.05, 4.69) is 38.5 Å². The van der Waals surface area contributed by atoms with Gasteiger partial charge in [-0.1, -0.05) is 28.1 Å². The lowest BCUT2D eigenvalue weighted by atomic mass is 10.00. The molecule has 0 saturated heterocycles. The number of hydrogen-bond acceptors (Lipinski definition) is 1. The third-order valence-electron chi connectivity index (χ3n) is 2.68. The number of rotatable bonds is 3. The first-order valence-electron chi connectivity index (χ1n) is 5.50. The smallest absolute Gasteiger partial charge is 0.124 e. The van der Waals surface area contributed by atoms with Crippen molar-refractivity contribution in [2.24, 2.45) is 5.73 Å². The van der Waals surface area contributed by atoms with E-state index in [-0.39, 0.29) is 11.9 Å². The normalized spacial score (nSPS) is 12.4. The summed E-state index contributed by atoms with van der Waals surface area (Å²) in [6.07, 6.45) is 0.622. The molecule has 0 bridgehead atoms. The Balaban J connectivity index is 2.15. The van der Waals surface area contributed by atoms with Gasteiger partial charge >= 0.3 is 0 Å². The molecule has 94 valence electrons. The number of benzene rings is 2. The van der Waals surface area contributed by atoms with Crippen LogP contribution in [0.2, 0.25) is 0 Å². The van der Waals surface area contributed by atoms with Crippen molar-refractivity contribution in [2.45, 2.75) is 12.5 Å². The second kappa shape index (κ2) is 6.12. The van der Waals surface area contributed by atoms with E-state index >= 15 is 0 Å². The van der Waals surface area contributed by atoms with Gasteiger partial charge in [0.05, 0.1) is 0 Å². The van der Waals surface area contributed by atoms with Crippen molar-refractivity contribution < 1.29 is 4.39 Å². The SMILES string of the molecule is NC(Cc1cc(F)cc(Br)c1)c1ccc(I)cc1. The van der Waals surface area contributed by atoms with Gasteiger partial charge in [0.2, 0.25) is 0 Å². The molecule has 1 unspecified atom stereocenters. The second-order valence-electron chi connectivity index (χ2n) is 4.14. The van der Waals surface area contributed by atoms with Crippen LogP contribution in [-0.2, 0) is 6.42 Å². The molecule has 0 aliphatic rings. The van der Waals surface area contributed by atoms with Crippen molar-refractivity contribution in [1.29, 1.82) is 0 Å². The molecule has 0 fully saturated rings. The van der Waals surface area contributed by atoms with Crippen molar-refractivity contribution in [3.8, 4) is 0 Å². The minimum Gasteiger partial charge on any atom is -0.324 e. The molecule has 2 N–H and O–H groups in total. The van der Waals surface area contributed by atoms with Gasteiger partial charge in [0.15, 0.2) is 0 Å². The first kappa shape index (κ1) is 14.0. The van der Waals surface area contributed by atoms with Gasteiger partial charge in [-0.25, -0.2) is 4.39 Å². The molecular formula is C14H12BrFIN. The Morgan fingerprint density at radius 2 is 1.83 bits per heavy atom. The third kappa shape index (κ3) is 3.76. The largest absolute Gasteiger partial charge is 0.324 e. The van der Waals surface area contributed by atoms with E-state index < -0.39 is 0 Å². The summed E-state index contributed by atoms with van der Waals surface area (Å²) in [6.45, 7) is 0. The van der Waals surface area contributed by atoms with E-state index in [1.807, 2.05) is 30.3 Å². The van der Waals surface area contributed by atoms with E-state index in [9.17, 15) is 4.39 Å². The molecule has 4 heteroatoms. The average molecular weight is 420 g/mol. The topological polar surface area (TPSA) is 26.0 Å². The molecule has 1 atom stereocenters. The average Bonchev–Trinajstić information content (AvgIpc) is 2.28. The van der Waals surface area contributed by atoms with Gasteiger partial charge < -0.3 is 5.73 Å². The highest BCUT2D eigenvalue weighted by molar-refractivity contribution is 14.1. The number of halogens is 3. The number of hydrogen-bond donors (Lipinski definition) is 1. The monoisotopic (exact) mass is 419 g/mol. The fraction of sp³-hybridized carbons (Fsp3) is 0.143. The van der Waals surface area contributed by atoms with Crippen molar-refractivity contribution in [3.05, 3.63) is 67.5 Å². The van der Waals surface area contributed by atoms with Gasteiger partial charge in [0, 0.05) is 14.1 Å². The van der Waals surface area contributed by atoms with Crippen LogP contribution in [-0.4, -0.2) is 0 Å². The zero-order valence-electron chi connectivity index (χ0n) is 9.54. The Bertz CT molecular complexity index is 522. The summed E-state index contributed by atoms with van der Waals surface area (Å²) in [5.41, 5.74) is 8.10. The lowest BCUT2D eigenvalue weighted by Gasteiger charge is -2.12. The molecule has 0 aromatic heterocycles. The van der Waals surface area contributed by atoms with Crippen LogP contribution in [0.25, 0.3) is 0 Å². The van der Waals surface area contributed by atoms with Crippen molar-refractivity contribution in [3.63, 3.8) is 0 Å². The van der Waals surface area contributed by atoms with Crippen molar-refractivity contribution >= 4 is 38.5 Å². The quantitative estimate of drug-likeness (QED) is 0.731. The maximum atomic E-state index is 13.3. The van der Waals surface area contributed by atoms with Gasteiger partial charge in [0.25, 0.3) is 0 Å². The molecule has 0 saturated carbocycles. The van der Waals surface area contributed by atoms with Crippen LogP contribution in [0.4, 0.5) is 4.39 Å². The summed E-state index contributed by atoms with van der Waals surface area (Å²) in [5.74, 6) is -0.241. The Hall–Kier alpha value is -0.460. The lowest BCUT2D eigenvalue weighted by Crippen LogP contribution is -2.13. The van der Waals surface area contributed by atoms with Gasteiger partial charge in [-0.05, 0) is 70.5 Å². The van der Waals surface area contributed by atoms with Gasteiger partial charge in [-0.3, -0.25) is 0 Å². The zero-order valence-corrected chi connectivity index (χ0v) is 13.3. The fourth-order valence-corrected chi connectivity index (χ4v) is 2.68. The van der Waals surface area contributed by atoms with Gasteiger partial charge in [-0.2, -0.15) is 0 Å². The summed E-state index contributed by atoms with van der Waals surface area (Å²) in [6, 6.07) is 12.8. The minimum atomic E-state index is -0.241. The predicted molar refractivity (Wildman–Crippen MR) is 83.9 cm³/mol. The molecule has 0 amide bonds. The van der Waals surface area contributed by atoms with Crippen LogP contribution in [0.1, 0.15) is 17.2 Å². The predicted octanol–water partition coefficient (Wildman–Crippen LogP) is 4.44. The molecular weight excluding hydrogens is 408 g/mol. The van der Waals surface area contributed by atoms with E-state index in [0.29, 0.717) is 6.42 Å². The van der Waals surface area contributed by atoms with Crippen LogP contribution in [0.3, 0.4) is 0 Å². The summed E-state index contributed by atoms with van der Waals surface area (Å²) in [4.78, 5) is 0. The van der Waals surface area contributed by atoms with Gasteiger partial charge in [0.1, 0.15) is 5.82 Å². The summed E-state index contributed by atoms with van der Waals surface area (Å²) < 4.78 is 15.2. The molecule has 18 heavy (non-hydrogen) atoms. The van der Waals surface area contributed by atoms with E-state index in [1.165, 1.54) is 15.7 Å². The molecule has 2 aromatic rings. The van der Waals surface area contributed by atoms with Crippen LogP contribution >= 0.6 is 38.5 Å². The zero-order chi connectivity index (χ0) is 13.1. The van der Waals surface area contributed by atoms with Gasteiger partial charge in [-0.15, -0.1) is 0 Å². The van der Waals surface area contributed by atoms with Crippen molar-refractivity contribution in [1.82, 2.24) is 0 Å². The summed E-state index contributed by atoms with van der Waals surface area (Å²) in [5, 5.41) is 0. The third-order valence-corrected chi connectivity index (χ3v) is 3.85. The Labute approximate surface area is 128 Å². The van der Waals surface area contributed by atoms with Crippen LogP contribution in [0.15, 0.2) is 46.9 Å². The molecule has 0 aliphatic heterocycles. The highest BCUT2D eigenvalue weighted by Crippen LogP contribution is 2.21. The maximum absolute atomic E-state index is 13.3. The maximum Gasteiger partial charge on any atom is 0.124 e. The lowest BCUT2D eigenvalue weighted by molar-refractivity contribution is 0.621. The Morgan fingerprint density at radius 3 is 2.44 bits per heavy atom. The molecule has 0 aliphatic carbocycles. The van der Waals surface area contributed by atoms with Crippen LogP contribution in [0.5, 0.6) is 0 Å². The van der Waals surface area contributed by atoms with E-state index in [4.69, 9.17) is 5.73 Å². The first-order valence-corrected chi connectivity index (χ1v) is 7.38. The van der Waals surface area contributed by atoms with E-state index in [0.717, 1.165) is 15.6 Å². The molecule has 0 spiro atoms. The summed E-state index contributed by atoms with van der Waals surface area (Å²) in [7, 11) is 0. The van der Waals surface area contributed by atoms with Crippen molar-refractivity contribution in [2.75, 3.05) is 0 Å². The van der Waals surface area contributed by atoms with Crippen LogP contribution < -0.4 is 5.73 Å². The van der Waals surface area contributed by atoms with Crippen LogP contribution in [0, 0.1) is 9.39 Å². The second-order valence-corrected chi connectivity index (χ2v) is 6.30. The first-order chi connectivity index (χ1) is 8.54. The number of nitrogens with two attached hydrogens (primary N) is 1. The summed E-state index contributed by atoms with van der Waals surface area (Å²) >= 11 is 5.54. The molecule has 0 heterocycles.